The molecule has 0 unspecified atom stereocenters. The fourth-order valence-electron chi connectivity index (χ4n) is 0.971. The first-order valence-corrected chi connectivity index (χ1v) is 4.02. The highest BCUT2D eigenvalue weighted by Gasteiger charge is 2.09. The molecule has 0 aromatic rings. The van der Waals surface area contributed by atoms with Crippen molar-refractivity contribution in [1.29, 1.82) is 0 Å². The lowest BCUT2D eigenvalue weighted by Gasteiger charge is -2.16. The second-order valence-corrected chi connectivity index (χ2v) is 2.80. The predicted molar refractivity (Wildman–Crippen MR) is 46.3 cm³/mol. The molecule has 0 amide bonds. The van der Waals surface area contributed by atoms with E-state index < -0.39 is 0 Å². The van der Waals surface area contributed by atoms with Crippen LogP contribution in [-0.2, 0) is 4.74 Å². The summed E-state index contributed by atoms with van der Waals surface area (Å²) < 4.78 is 4.99. The third kappa shape index (κ3) is 1.90. The topological polar surface area (TPSA) is 21.3 Å². The van der Waals surface area contributed by atoms with Gasteiger partial charge in [-0.3, -0.25) is 0 Å². The van der Waals surface area contributed by atoms with E-state index in [0.29, 0.717) is 10.9 Å². The molecule has 0 aromatic carbocycles. The normalized spacial score (nSPS) is 17.5. The van der Waals surface area contributed by atoms with Gasteiger partial charge in [0, 0.05) is 6.54 Å². The van der Waals surface area contributed by atoms with Crippen molar-refractivity contribution in [3.63, 3.8) is 0 Å². The molecule has 0 saturated heterocycles. The molecule has 1 N–H and O–H groups in total. The van der Waals surface area contributed by atoms with Crippen LogP contribution in [0.25, 0.3) is 0 Å². The van der Waals surface area contributed by atoms with Crippen LogP contribution in [0.4, 0.5) is 0 Å². The maximum Gasteiger partial charge on any atom is 0.205 e. The van der Waals surface area contributed by atoms with Crippen LogP contribution in [0.5, 0.6) is 0 Å². The fraction of sp³-hybridized carbons (Fsp3) is 0.500. The molecule has 0 fully saturated rings. The van der Waals surface area contributed by atoms with Gasteiger partial charge < -0.3 is 10.1 Å². The maximum absolute atomic E-state index is 5.87. The minimum Gasteiger partial charge on any atom is -0.481 e. The summed E-state index contributed by atoms with van der Waals surface area (Å²) in [5, 5.41) is 3.74. The van der Waals surface area contributed by atoms with Crippen molar-refractivity contribution in [3.8, 4) is 0 Å². The first-order valence-electron chi connectivity index (χ1n) is 3.65. The highest BCUT2D eigenvalue weighted by atomic mass is 35.5. The number of nitrogens with one attached hydrogen (secondary N) is 1. The first-order chi connectivity index (χ1) is 5.27. The molecule has 0 aromatic heterocycles. The van der Waals surface area contributed by atoms with Gasteiger partial charge in [-0.25, -0.2) is 0 Å². The van der Waals surface area contributed by atoms with Crippen molar-refractivity contribution in [2.24, 2.45) is 0 Å². The second-order valence-electron chi connectivity index (χ2n) is 2.39. The Morgan fingerprint density at radius 3 is 2.91 bits per heavy atom. The molecule has 62 valence electrons. The Morgan fingerprint density at radius 2 is 2.45 bits per heavy atom. The highest BCUT2D eigenvalue weighted by molar-refractivity contribution is 6.31. The van der Waals surface area contributed by atoms with Crippen LogP contribution >= 0.6 is 11.6 Å². The van der Waals surface area contributed by atoms with Crippen molar-refractivity contribution in [2.45, 2.75) is 13.3 Å². The number of allylic oxidation sites excluding steroid dienone is 2. The summed E-state index contributed by atoms with van der Waals surface area (Å²) in [6.45, 7) is 2.95. The molecule has 0 bridgehead atoms. The number of rotatable bonds is 2. The van der Waals surface area contributed by atoms with Gasteiger partial charge in [0.1, 0.15) is 5.03 Å². The monoisotopic (exact) mass is 173 g/mol. The van der Waals surface area contributed by atoms with Crippen molar-refractivity contribution in [1.82, 2.24) is 5.32 Å². The average molecular weight is 174 g/mol. The number of dihydropyridines is 1. The van der Waals surface area contributed by atoms with Gasteiger partial charge in [-0.1, -0.05) is 18.5 Å². The van der Waals surface area contributed by atoms with Crippen LogP contribution in [0.1, 0.15) is 13.3 Å². The second kappa shape index (κ2) is 3.67. The van der Waals surface area contributed by atoms with Crippen LogP contribution in [0.2, 0.25) is 0 Å². The summed E-state index contributed by atoms with van der Waals surface area (Å²) in [6, 6.07) is 0. The van der Waals surface area contributed by atoms with Gasteiger partial charge in [0.2, 0.25) is 5.88 Å². The van der Waals surface area contributed by atoms with Gasteiger partial charge in [0.25, 0.3) is 0 Å². The number of hydrogen-bond acceptors (Lipinski definition) is 2. The number of methoxy groups -OCH3 is 1. The summed E-state index contributed by atoms with van der Waals surface area (Å²) in [5.41, 5.74) is 1.30. The van der Waals surface area contributed by atoms with E-state index in [1.807, 2.05) is 6.08 Å². The third-order valence-corrected chi connectivity index (χ3v) is 1.96. The van der Waals surface area contributed by atoms with Crippen molar-refractivity contribution in [2.75, 3.05) is 13.7 Å². The Balaban J connectivity index is 2.76. The fourth-order valence-corrected chi connectivity index (χ4v) is 1.27. The molecular formula is C8H12ClNO. The largest absolute Gasteiger partial charge is 0.481 e. The van der Waals surface area contributed by atoms with E-state index in [4.69, 9.17) is 16.3 Å². The zero-order chi connectivity index (χ0) is 8.27. The molecule has 0 atom stereocenters. The minimum absolute atomic E-state index is 0.663. The van der Waals surface area contributed by atoms with Gasteiger partial charge in [-0.05, 0) is 18.1 Å². The van der Waals surface area contributed by atoms with Crippen LogP contribution < -0.4 is 5.32 Å². The first kappa shape index (κ1) is 8.47. The Hall–Kier alpha value is -0.630. The lowest BCUT2D eigenvalue weighted by Crippen LogP contribution is -2.21. The lowest BCUT2D eigenvalue weighted by atomic mass is 10.1. The Labute approximate surface area is 71.9 Å². The maximum atomic E-state index is 5.87. The molecular weight excluding hydrogens is 162 g/mol. The molecule has 1 aliphatic heterocycles. The summed E-state index contributed by atoms with van der Waals surface area (Å²) in [5.74, 6) is 0.670. The minimum atomic E-state index is 0.663. The average Bonchev–Trinajstić information content (AvgIpc) is 2.04. The van der Waals surface area contributed by atoms with E-state index in [-0.39, 0.29) is 0 Å². The van der Waals surface area contributed by atoms with E-state index in [2.05, 4.69) is 12.2 Å². The third-order valence-electron chi connectivity index (χ3n) is 1.68. The molecule has 3 heteroatoms. The van der Waals surface area contributed by atoms with Crippen LogP contribution in [0, 0.1) is 0 Å². The summed E-state index contributed by atoms with van der Waals surface area (Å²) in [6.07, 6.45) is 2.98. The Kier molecular flexibility index (Phi) is 2.83. The van der Waals surface area contributed by atoms with E-state index in [0.717, 1.165) is 13.0 Å². The molecule has 1 aliphatic rings. The standard InChI is InChI=1S/C8H12ClNO/c1-3-6-4-7(9)8(11-2)10-5-6/h4,10H,3,5H2,1-2H3. The molecule has 0 saturated carbocycles. The summed E-state index contributed by atoms with van der Waals surface area (Å²) >= 11 is 5.87. The SMILES string of the molecule is CCC1=CC(Cl)=C(OC)NC1. The zero-order valence-corrected chi connectivity index (χ0v) is 7.53. The van der Waals surface area contributed by atoms with E-state index in [1.54, 1.807) is 7.11 Å². The lowest BCUT2D eigenvalue weighted by molar-refractivity contribution is 0.261. The Morgan fingerprint density at radius 1 is 1.73 bits per heavy atom. The van der Waals surface area contributed by atoms with Crippen LogP contribution in [0.3, 0.4) is 0 Å². The van der Waals surface area contributed by atoms with E-state index in [9.17, 15) is 0 Å². The van der Waals surface area contributed by atoms with Gasteiger partial charge in [-0.15, -0.1) is 0 Å². The van der Waals surface area contributed by atoms with Crippen LogP contribution in [-0.4, -0.2) is 13.7 Å². The molecule has 0 spiro atoms. The molecule has 2 nitrogen and oxygen atoms in total. The van der Waals surface area contributed by atoms with Gasteiger partial charge in [-0.2, -0.15) is 0 Å². The zero-order valence-electron chi connectivity index (χ0n) is 6.78. The van der Waals surface area contributed by atoms with Gasteiger partial charge in [0.05, 0.1) is 7.11 Å². The van der Waals surface area contributed by atoms with Gasteiger partial charge >= 0.3 is 0 Å². The summed E-state index contributed by atoms with van der Waals surface area (Å²) in [7, 11) is 1.61. The van der Waals surface area contributed by atoms with E-state index in [1.165, 1.54) is 5.57 Å². The van der Waals surface area contributed by atoms with Crippen molar-refractivity contribution < 1.29 is 4.74 Å². The quantitative estimate of drug-likeness (QED) is 0.690. The number of hydrogen-bond donors (Lipinski definition) is 1. The van der Waals surface area contributed by atoms with Crippen LogP contribution in [0.15, 0.2) is 22.6 Å². The molecule has 0 aliphatic carbocycles. The van der Waals surface area contributed by atoms with E-state index >= 15 is 0 Å². The van der Waals surface area contributed by atoms with Crippen molar-refractivity contribution >= 4 is 11.6 Å². The molecule has 11 heavy (non-hydrogen) atoms. The molecule has 1 heterocycles. The predicted octanol–water partition coefficient (Wildman–Crippen LogP) is 1.98. The summed E-state index contributed by atoms with van der Waals surface area (Å²) in [4.78, 5) is 0. The number of halogens is 1. The van der Waals surface area contributed by atoms with Gasteiger partial charge in [0.15, 0.2) is 0 Å². The molecule has 0 radical (unpaired) electrons. The van der Waals surface area contributed by atoms with Crippen molar-refractivity contribution in [3.05, 3.63) is 22.6 Å². The highest BCUT2D eigenvalue weighted by Crippen LogP contribution is 2.18. The number of ether oxygens (including phenoxy) is 1. The molecule has 1 rings (SSSR count). The Bertz CT molecular complexity index is 208. The smallest absolute Gasteiger partial charge is 0.205 e.